The fourth-order valence-corrected chi connectivity index (χ4v) is 6.01. The summed E-state index contributed by atoms with van der Waals surface area (Å²) >= 11 is 1.27. The molecule has 2 aliphatic rings. The van der Waals surface area contributed by atoms with Gasteiger partial charge in [-0.3, -0.25) is 9.59 Å². The summed E-state index contributed by atoms with van der Waals surface area (Å²) < 4.78 is 26.8. The van der Waals surface area contributed by atoms with Gasteiger partial charge in [-0.25, -0.2) is 18.1 Å². The van der Waals surface area contributed by atoms with E-state index in [-0.39, 0.29) is 46.8 Å². The van der Waals surface area contributed by atoms with E-state index in [1.54, 1.807) is 42.5 Å². The number of aliphatic imine (C=N–C) groups is 1. The average molecular weight is 579 g/mol. The first-order valence-corrected chi connectivity index (χ1v) is 14.6. The predicted octanol–water partition coefficient (Wildman–Crippen LogP) is 4.76. The number of allylic oxidation sites excluding steroid dienone is 5. The van der Waals surface area contributed by atoms with Crippen LogP contribution in [0.1, 0.15) is 23.5 Å². The maximum atomic E-state index is 12.5. The second kappa shape index (κ2) is 13.4. The summed E-state index contributed by atoms with van der Waals surface area (Å²) in [5.41, 5.74) is 3.48. The van der Waals surface area contributed by atoms with Crippen molar-refractivity contribution in [1.29, 1.82) is 0 Å². The number of thioether (sulfide) groups is 1. The molecular formula is C30H25N3NaO4S2. The zero-order chi connectivity index (χ0) is 27.2. The third-order valence-corrected chi connectivity index (χ3v) is 8.44. The topological polar surface area (TPSA) is 105 Å². The van der Waals surface area contributed by atoms with E-state index in [2.05, 4.69) is 39.3 Å². The summed E-state index contributed by atoms with van der Waals surface area (Å²) in [5, 5.41) is 3.25. The number of nitrogens with one attached hydrogen (secondary N) is 2. The van der Waals surface area contributed by atoms with E-state index in [4.69, 9.17) is 0 Å². The Balaban J connectivity index is 0.00000370. The number of carbonyl (C=O) groups is 2. The van der Waals surface area contributed by atoms with Crippen LogP contribution in [-0.2, 0) is 26.0 Å². The number of hydrogen-bond acceptors (Lipinski definition) is 6. The first-order valence-electron chi connectivity index (χ1n) is 12.3. The van der Waals surface area contributed by atoms with Gasteiger partial charge in [0.2, 0.25) is 5.91 Å². The van der Waals surface area contributed by atoms with Crippen LogP contribution in [0.4, 0.5) is 5.69 Å². The number of sulfonamides is 1. The van der Waals surface area contributed by atoms with Crippen LogP contribution in [0.2, 0.25) is 0 Å². The van der Waals surface area contributed by atoms with Gasteiger partial charge in [0, 0.05) is 35.5 Å². The van der Waals surface area contributed by atoms with Crippen molar-refractivity contribution in [1.82, 2.24) is 10.0 Å². The van der Waals surface area contributed by atoms with Gasteiger partial charge in [-0.15, -0.1) is 0 Å². The van der Waals surface area contributed by atoms with Gasteiger partial charge < -0.3 is 5.32 Å². The smallest absolute Gasteiger partial charge is 0.264 e. The molecule has 3 aromatic carbocycles. The SMILES string of the molecule is O=C(Cc1ccc(N=C2NC(=O)C(=CC3=CCC(c4ccccc4)C=C3)S2)cc1)NS(=O)(=O)c1ccccc1.[Na]. The Morgan fingerprint density at radius 1 is 1.00 bits per heavy atom. The van der Waals surface area contributed by atoms with Gasteiger partial charge in [0.15, 0.2) is 5.17 Å². The molecule has 197 valence electrons. The number of benzene rings is 3. The molecule has 0 bridgehead atoms. The minimum atomic E-state index is -3.92. The first kappa shape index (κ1) is 29.8. The van der Waals surface area contributed by atoms with Gasteiger partial charge in [-0.05, 0) is 65.2 Å². The minimum absolute atomic E-state index is 0. The molecule has 10 heteroatoms. The van der Waals surface area contributed by atoms with Crippen molar-refractivity contribution in [2.24, 2.45) is 4.99 Å². The van der Waals surface area contributed by atoms with Crippen LogP contribution in [0.3, 0.4) is 0 Å². The van der Waals surface area contributed by atoms with Crippen molar-refractivity contribution in [3.63, 3.8) is 0 Å². The van der Waals surface area contributed by atoms with E-state index in [1.165, 1.54) is 29.5 Å². The molecule has 40 heavy (non-hydrogen) atoms. The van der Waals surface area contributed by atoms with E-state index in [0.29, 0.717) is 27.2 Å². The molecule has 0 saturated carbocycles. The van der Waals surface area contributed by atoms with Crippen LogP contribution in [0.25, 0.3) is 0 Å². The van der Waals surface area contributed by atoms with Crippen molar-refractivity contribution >= 4 is 74.0 Å². The van der Waals surface area contributed by atoms with Crippen LogP contribution in [0.5, 0.6) is 0 Å². The molecule has 1 saturated heterocycles. The summed E-state index contributed by atoms with van der Waals surface area (Å²) in [6.07, 6.45) is 8.97. The Bertz CT molecular complexity index is 1620. The van der Waals surface area contributed by atoms with Gasteiger partial charge in [-0.1, -0.05) is 78.9 Å². The maximum Gasteiger partial charge on any atom is 0.264 e. The Hall–Kier alpha value is -3.21. The van der Waals surface area contributed by atoms with E-state index in [9.17, 15) is 18.0 Å². The molecule has 0 spiro atoms. The number of amidine groups is 1. The minimum Gasteiger partial charge on any atom is -0.300 e. The largest absolute Gasteiger partial charge is 0.300 e. The molecule has 3 aromatic rings. The molecule has 1 atom stereocenters. The van der Waals surface area contributed by atoms with Crippen molar-refractivity contribution < 1.29 is 18.0 Å². The summed E-state index contributed by atoms with van der Waals surface area (Å²) in [6.45, 7) is 0. The normalized spacial score (nSPS) is 18.6. The summed E-state index contributed by atoms with van der Waals surface area (Å²) in [7, 11) is -3.92. The molecule has 7 nitrogen and oxygen atoms in total. The van der Waals surface area contributed by atoms with E-state index < -0.39 is 15.9 Å². The van der Waals surface area contributed by atoms with Gasteiger partial charge >= 0.3 is 0 Å². The van der Waals surface area contributed by atoms with Gasteiger partial charge in [0.25, 0.3) is 15.9 Å². The molecule has 2 amide bonds. The molecule has 1 radical (unpaired) electrons. The van der Waals surface area contributed by atoms with Crippen LogP contribution >= 0.6 is 11.8 Å². The van der Waals surface area contributed by atoms with Crippen molar-refractivity contribution in [2.45, 2.75) is 23.7 Å². The van der Waals surface area contributed by atoms with Crippen LogP contribution < -0.4 is 10.0 Å². The van der Waals surface area contributed by atoms with E-state index >= 15 is 0 Å². The third kappa shape index (κ3) is 7.71. The van der Waals surface area contributed by atoms with Crippen LogP contribution in [-0.4, -0.2) is 55.0 Å². The Morgan fingerprint density at radius 2 is 1.68 bits per heavy atom. The number of carbonyl (C=O) groups excluding carboxylic acids is 2. The van der Waals surface area contributed by atoms with Crippen molar-refractivity contribution in [3.8, 4) is 0 Å². The second-order valence-electron chi connectivity index (χ2n) is 8.98. The summed E-state index contributed by atoms with van der Waals surface area (Å²) in [5.74, 6) is -0.503. The number of rotatable bonds is 7. The molecule has 1 heterocycles. The molecule has 1 fully saturated rings. The molecule has 0 aromatic heterocycles. The van der Waals surface area contributed by atoms with Gasteiger partial charge in [0.05, 0.1) is 21.9 Å². The standard InChI is InChI=1S/C30H25N3O4S2.Na/c34-28(33-39(36,37)26-9-5-2-6-10-26)20-22-13-17-25(18-14-22)31-30-32-29(35)27(38-30)19-21-11-15-24(16-12-21)23-7-3-1-4-8-23;/h1-15,17-19,24H,16,20H2,(H,33,34)(H,31,32,35);. The molecule has 1 aliphatic carbocycles. The second-order valence-corrected chi connectivity index (χ2v) is 11.7. The summed E-state index contributed by atoms with van der Waals surface area (Å²) in [6, 6.07) is 24.9. The van der Waals surface area contributed by atoms with Crippen LogP contribution in [0, 0.1) is 0 Å². The van der Waals surface area contributed by atoms with E-state index in [1.807, 2.05) is 30.4 Å². The monoisotopic (exact) mass is 578 g/mol. The zero-order valence-electron chi connectivity index (χ0n) is 21.8. The van der Waals surface area contributed by atoms with Crippen molar-refractivity contribution in [2.75, 3.05) is 0 Å². The molecule has 2 N–H and O–H groups in total. The molecule has 5 rings (SSSR count). The Morgan fingerprint density at radius 3 is 2.33 bits per heavy atom. The number of nitrogens with zero attached hydrogens (tertiary/aromatic N) is 1. The molecule has 1 aliphatic heterocycles. The number of amides is 2. The van der Waals surface area contributed by atoms with E-state index in [0.717, 1.165) is 12.0 Å². The zero-order valence-corrected chi connectivity index (χ0v) is 25.4. The third-order valence-electron chi connectivity index (χ3n) is 6.14. The number of hydrogen-bond donors (Lipinski definition) is 2. The molecular weight excluding hydrogens is 553 g/mol. The fourth-order valence-electron chi connectivity index (χ4n) is 4.16. The predicted molar refractivity (Wildman–Crippen MR) is 160 cm³/mol. The van der Waals surface area contributed by atoms with Crippen molar-refractivity contribution in [3.05, 3.63) is 131 Å². The Kier molecular flexibility index (Phi) is 9.99. The quantitative estimate of drug-likeness (QED) is 0.311. The van der Waals surface area contributed by atoms with Gasteiger partial charge in [-0.2, -0.15) is 0 Å². The van der Waals surface area contributed by atoms with Crippen LogP contribution in [0.15, 0.2) is 130 Å². The molecule has 1 unspecified atom stereocenters. The average Bonchev–Trinajstić information content (AvgIpc) is 3.29. The van der Waals surface area contributed by atoms with Gasteiger partial charge in [0.1, 0.15) is 0 Å². The first-order chi connectivity index (χ1) is 18.9. The fraction of sp³-hybridized carbons (Fsp3) is 0.100. The summed E-state index contributed by atoms with van der Waals surface area (Å²) in [4.78, 5) is 29.9. The Labute approximate surface area is 259 Å². The maximum absolute atomic E-state index is 12.5.